The van der Waals surface area contributed by atoms with Crippen molar-refractivity contribution in [1.29, 1.82) is 0 Å². The molecule has 5 N–H and O–H groups in total. The predicted octanol–water partition coefficient (Wildman–Crippen LogP) is 0.504. The average molecular weight is 296 g/mol. The van der Waals surface area contributed by atoms with Gasteiger partial charge < -0.3 is 25.7 Å². The number of halogens is 2. The molecule has 1 rings (SSSR count). The van der Waals surface area contributed by atoms with Gasteiger partial charge in [0.1, 0.15) is 5.75 Å². The molecule has 1 aromatic carbocycles. The zero-order valence-corrected chi connectivity index (χ0v) is 11.0. The van der Waals surface area contributed by atoms with Crippen molar-refractivity contribution in [3.63, 3.8) is 0 Å². The van der Waals surface area contributed by atoms with Crippen LogP contribution >= 0.6 is 23.2 Å². The van der Waals surface area contributed by atoms with Crippen molar-refractivity contribution in [2.45, 2.75) is 12.1 Å². The highest BCUT2D eigenvalue weighted by molar-refractivity contribution is 6.35. The molecule has 0 heterocycles. The van der Waals surface area contributed by atoms with Gasteiger partial charge in [-0.15, -0.1) is 0 Å². The number of aliphatic hydroxyl groups excluding tert-OH is 3. The van der Waals surface area contributed by atoms with E-state index in [4.69, 9.17) is 38.5 Å². The number of phenols is 1. The van der Waals surface area contributed by atoms with Crippen LogP contribution in [0.1, 0.15) is 5.56 Å². The topological polar surface area (TPSA) is 93.0 Å². The second-order valence-electron chi connectivity index (χ2n) is 4.00. The summed E-state index contributed by atoms with van der Waals surface area (Å²) in [5.74, 6) is -0.128. The van der Waals surface area contributed by atoms with Crippen molar-refractivity contribution in [3.05, 3.63) is 27.7 Å². The number of hydrogen-bond acceptors (Lipinski definition) is 5. The zero-order chi connectivity index (χ0) is 13.8. The number of aliphatic hydroxyl groups is 3. The van der Waals surface area contributed by atoms with Crippen LogP contribution in [0.5, 0.6) is 5.75 Å². The standard InChI is InChI=1S/C11H15Cl2NO4/c12-8-1-7(10(18)9(13)2-8)3-14-11(4-15,5-16)6-17/h1-2,14-18H,3-6H2. The number of aromatic hydroxyl groups is 1. The lowest BCUT2D eigenvalue weighted by molar-refractivity contribution is 0.0412. The van der Waals surface area contributed by atoms with Crippen LogP contribution in [0.2, 0.25) is 10.0 Å². The molecule has 0 atom stereocenters. The Labute approximate surface area is 115 Å². The molecule has 0 aromatic heterocycles. The lowest BCUT2D eigenvalue weighted by atomic mass is 10.0. The lowest BCUT2D eigenvalue weighted by Gasteiger charge is -2.29. The third-order valence-corrected chi connectivity index (χ3v) is 3.18. The van der Waals surface area contributed by atoms with E-state index in [1.165, 1.54) is 12.1 Å². The zero-order valence-electron chi connectivity index (χ0n) is 9.53. The van der Waals surface area contributed by atoms with Crippen LogP contribution in [0.4, 0.5) is 0 Å². The molecule has 0 saturated carbocycles. The molecular weight excluding hydrogens is 281 g/mol. The minimum Gasteiger partial charge on any atom is -0.506 e. The fourth-order valence-corrected chi connectivity index (χ4v) is 1.89. The third kappa shape index (κ3) is 3.47. The van der Waals surface area contributed by atoms with Crippen molar-refractivity contribution >= 4 is 23.2 Å². The van der Waals surface area contributed by atoms with Crippen molar-refractivity contribution in [1.82, 2.24) is 5.32 Å². The second-order valence-corrected chi connectivity index (χ2v) is 4.85. The summed E-state index contributed by atoms with van der Waals surface area (Å²) in [4.78, 5) is 0. The van der Waals surface area contributed by atoms with Crippen LogP contribution in [0, 0.1) is 0 Å². The van der Waals surface area contributed by atoms with Crippen LogP contribution in [-0.4, -0.2) is 45.8 Å². The molecule has 0 amide bonds. The average Bonchev–Trinajstić information content (AvgIpc) is 2.37. The number of hydrogen-bond donors (Lipinski definition) is 5. The number of nitrogens with one attached hydrogen (secondary N) is 1. The van der Waals surface area contributed by atoms with Crippen molar-refractivity contribution < 1.29 is 20.4 Å². The quantitative estimate of drug-likeness (QED) is 0.527. The van der Waals surface area contributed by atoms with E-state index in [1.54, 1.807) is 0 Å². The first-order valence-corrected chi connectivity index (χ1v) is 5.98. The monoisotopic (exact) mass is 295 g/mol. The highest BCUT2D eigenvalue weighted by Gasteiger charge is 2.27. The number of rotatable bonds is 6. The number of benzene rings is 1. The van der Waals surface area contributed by atoms with E-state index in [-0.39, 0.29) is 17.3 Å². The molecule has 0 fully saturated rings. The van der Waals surface area contributed by atoms with Crippen LogP contribution in [0.15, 0.2) is 12.1 Å². The Balaban J connectivity index is 2.86. The van der Waals surface area contributed by atoms with Gasteiger partial charge in [0.2, 0.25) is 0 Å². The Kier molecular flexibility index (Phi) is 5.65. The molecule has 0 spiro atoms. The van der Waals surface area contributed by atoms with E-state index < -0.39 is 25.4 Å². The maximum Gasteiger partial charge on any atom is 0.138 e. The Bertz CT molecular complexity index is 402. The predicted molar refractivity (Wildman–Crippen MR) is 69.0 cm³/mol. The summed E-state index contributed by atoms with van der Waals surface area (Å²) >= 11 is 11.6. The van der Waals surface area contributed by atoms with Crippen molar-refractivity contribution in [2.24, 2.45) is 0 Å². The highest BCUT2D eigenvalue weighted by Crippen LogP contribution is 2.31. The molecule has 18 heavy (non-hydrogen) atoms. The largest absolute Gasteiger partial charge is 0.506 e. The van der Waals surface area contributed by atoms with Gasteiger partial charge in [-0.1, -0.05) is 23.2 Å². The maximum absolute atomic E-state index is 9.72. The molecule has 0 unspecified atom stereocenters. The minimum atomic E-state index is -1.22. The molecule has 0 bridgehead atoms. The fraction of sp³-hybridized carbons (Fsp3) is 0.455. The SMILES string of the molecule is OCC(CO)(CO)NCc1cc(Cl)cc(Cl)c1O. The van der Waals surface area contributed by atoms with Crippen LogP contribution in [0.3, 0.4) is 0 Å². The first-order chi connectivity index (χ1) is 8.48. The van der Waals surface area contributed by atoms with Gasteiger partial charge in [-0.2, -0.15) is 0 Å². The second kappa shape index (κ2) is 6.56. The molecule has 7 heteroatoms. The van der Waals surface area contributed by atoms with E-state index in [9.17, 15) is 5.11 Å². The molecule has 0 radical (unpaired) electrons. The molecule has 0 aliphatic rings. The van der Waals surface area contributed by atoms with E-state index in [1.807, 2.05) is 0 Å². The van der Waals surface area contributed by atoms with E-state index in [0.29, 0.717) is 10.6 Å². The normalized spacial score (nSPS) is 11.8. The Morgan fingerprint density at radius 1 is 1.06 bits per heavy atom. The molecule has 1 aromatic rings. The Morgan fingerprint density at radius 3 is 2.11 bits per heavy atom. The fourth-order valence-electron chi connectivity index (χ4n) is 1.35. The van der Waals surface area contributed by atoms with Gasteiger partial charge in [-0.3, -0.25) is 0 Å². The van der Waals surface area contributed by atoms with Crippen molar-refractivity contribution in [3.8, 4) is 5.75 Å². The summed E-state index contributed by atoms with van der Waals surface area (Å²) < 4.78 is 0. The first kappa shape index (κ1) is 15.5. The van der Waals surface area contributed by atoms with E-state index >= 15 is 0 Å². The molecular formula is C11H15Cl2NO4. The molecule has 0 saturated heterocycles. The molecule has 0 aliphatic carbocycles. The van der Waals surface area contributed by atoms with Gasteiger partial charge in [0.25, 0.3) is 0 Å². The Hall–Kier alpha value is -0.560. The third-order valence-electron chi connectivity index (χ3n) is 2.67. The number of phenolic OH excluding ortho intramolecular Hbond substituents is 1. The summed E-state index contributed by atoms with van der Waals surface area (Å²) in [7, 11) is 0. The maximum atomic E-state index is 9.72. The summed E-state index contributed by atoms with van der Waals surface area (Å²) in [6.45, 7) is -1.26. The minimum absolute atomic E-state index is 0.0911. The summed E-state index contributed by atoms with van der Waals surface area (Å²) in [6, 6.07) is 2.91. The smallest absolute Gasteiger partial charge is 0.138 e. The van der Waals surface area contributed by atoms with Gasteiger partial charge in [0.15, 0.2) is 0 Å². The van der Waals surface area contributed by atoms with Crippen molar-refractivity contribution in [2.75, 3.05) is 19.8 Å². The van der Waals surface area contributed by atoms with Gasteiger partial charge in [0.05, 0.1) is 30.4 Å². The van der Waals surface area contributed by atoms with Gasteiger partial charge >= 0.3 is 0 Å². The van der Waals surface area contributed by atoms with Gasteiger partial charge in [-0.05, 0) is 12.1 Å². The lowest BCUT2D eigenvalue weighted by Crippen LogP contribution is -2.54. The molecule has 102 valence electrons. The van der Waals surface area contributed by atoms with Crippen LogP contribution in [-0.2, 0) is 6.54 Å². The van der Waals surface area contributed by atoms with Gasteiger partial charge in [-0.25, -0.2) is 0 Å². The van der Waals surface area contributed by atoms with Crippen LogP contribution < -0.4 is 5.32 Å². The Morgan fingerprint density at radius 2 is 1.61 bits per heavy atom. The van der Waals surface area contributed by atoms with E-state index in [2.05, 4.69) is 5.32 Å². The van der Waals surface area contributed by atoms with Gasteiger partial charge in [0, 0.05) is 17.1 Å². The highest BCUT2D eigenvalue weighted by atomic mass is 35.5. The molecule has 5 nitrogen and oxygen atoms in total. The summed E-state index contributed by atoms with van der Waals surface area (Å²) in [5.41, 5.74) is -0.812. The summed E-state index contributed by atoms with van der Waals surface area (Å²) in [6.07, 6.45) is 0. The van der Waals surface area contributed by atoms with E-state index in [0.717, 1.165) is 0 Å². The summed E-state index contributed by atoms with van der Waals surface area (Å²) in [5, 5.41) is 40.4. The molecule has 0 aliphatic heterocycles. The first-order valence-electron chi connectivity index (χ1n) is 5.22. The van der Waals surface area contributed by atoms with Crippen LogP contribution in [0.25, 0.3) is 0 Å².